The molecular formula is C20H27N3O4. The third-order valence-corrected chi connectivity index (χ3v) is 4.70. The second-order valence-corrected chi connectivity index (χ2v) is 7.09. The Morgan fingerprint density at radius 3 is 3.07 bits per heavy atom. The van der Waals surface area contributed by atoms with E-state index < -0.39 is 0 Å². The summed E-state index contributed by atoms with van der Waals surface area (Å²) in [4.78, 5) is 14.3. The van der Waals surface area contributed by atoms with Gasteiger partial charge in [0.2, 0.25) is 0 Å². The van der Waals surface area contributed by atoms with Crippen LogP contribution in [0.4, 0.5) is 0 Å². The molecule has 7 nitrogen and oxygen atoms in total. The molecule has 2 heterocycles. The number of aryl methyl sites for hydroxylation is 2. The molecule has 27 heavy (non-hydrogen) atoms. The van der Waals surface area contributed by atoms with Gasteiger partial charge in [-0.05, 0) is 50.4 Å². The quantitative estimate of drug-likeness (QED) is 0.772. The van der Waals surface area contributed by atoms with E-state index >= 15 is 0 Å². The number of nitrogens with zero attached hydrogens (tertiary/aromatic N) is 2. The topological polar surface area (TPSA) is 87.8 Å². The number of β-amino-alcohol motifs (C(OH)–C–C–N with tert-alkyl or cyclic N) is 1. The molecule has 0 radical (unpaired) electrons. The largest absolute Gasteiger partial charge is 0.485 e. The molecule has 2 N–H and O–H groups in total. The van der Waals surface area contributed by atoms with Crippen LogP contribution < -0.4 is 10.1 Å². The summed E-state index contributed by atoms with van der Waals surface area (Å²) < 4.78 is 11.0. The summed E-state index contributed by atoms with van der Waals surface area (Å²) in [6.45, 7) is 7.05. The van der Waals surface area contributed by atoms with Gasteiger partial charge in [-0.25, -0.2) is 0 Å². The second kappa shape index (κ2) is 9.01. The molecule has 2 aromatic rings. The van der Waals surface area contributed by atoms with Crippen molar-refractivity contribution in [1.29, 1.82) is 0 Å². The van der Waals surface area contributed by atoms with Crippen LogP contribution in [0.15, 0.2) is 28.8 Å². The lowest BCUT2D eigenvalue weighted by Gasteiger charge is -2.29. The van der Waals surface area contributed by atoms with Crippen molar-refractivity contribution < 1.29 is 19.2 Å². The summed E-state index contributed by atoms with van der Waals surface area (Å²) in [6.07, 6.45) is 1.58. The maximum atomic E-state index is 12.2. The predicted octanol–water partition coefficient (Wildman–Crippen LogP) is 2.06. The van der Waals surface area contributed by atoms with Crippen molar-refractivity contribution >= 4 is 5.91 Å². The van der Waals surface area contributed by atoms with Gasteiger partial charge in [0.15, 0.2) is 11.5 Å². The molecular weight excluding hydrogens is 346 g/mol. The highest BCUT2D eigenvalue weighted by Gasteiger charge is 2.18. The average Bonchev–Trinajstić information content (AvgIpc) is 3.12. The normalized spacial score (nSPS) is 17.7. The van der Waals surface area contributed by atoms with E-state index in [4.69, 9.17) is 9.26 Å². The van der Waals surface area contributed by atoms with E-state index in [1.807, 2.05) is 32.0 Å². The molecule has 1 saturated heterocycles. The van der Waals surface area contributed by atoms with Crippen LogP contribution in [0.25, 0.3) is 0 Å². The van der Waals surface area contributed by atoms with Crippen LogP contribution in [0.2, 0.25) is 0 Å². The van der Waals surface area contributed by atoms with Crippen LogP contribution in [-0.4, -0.2) is 53.4 Å². The SMILES string of the molecule is Cc1ccc(C)c(OCc2cc(C(=O)NCCN3CCCC(O)C3)no2)c1. The molecule has 0 aliphatic carbocycles. The van der Waals surface area contributed by atoms with Crippen LogP contribution >= 0.6 is 0 Å². The minimum absolute atomic E-state index is 0.218. The molecule has 1 aromatic heterocycles. The van der Waals surface area contributed by atoms with Gasteiger partial charge in [-0.1, -0.05) is 17.3 Å². The summed E-state index contributed by atoms with van der Waals surface area (Å²) in [6, 6.07) is 7.61. The first-order valence-corrected chi connectivity index (χ1v) is 9.35. The summed E-state index contributed by atoms with van der Waals surface area (Å²) in [5, 5.41) is 16.3. The first-order valence-electron chi connectivity index (χ1n) is 9.35. The van der Waals surface area contributed by atoms with Crippen LogP contribution in [0.1, 0.15) is 40.2 Å². The number of benzene rings is 1. The Balaban J connectivity index is 1.45. The third-order valence-electron chi connectivity index (χ3n) is 4.70. The molecule has 3 rings (SSSR count). The Hall–Kier alpha value is -2.38. The highest BCUT2D eigenvalue weighted by atomic mass is 16.5. The fourth-order valence-corrected chi connectivity index (χ4v) is 3.15. The molecule has 7 heteroatoms. The lowest BCUT2D eigenvalue weighted by molar-refractivity contribution is 0.0702. The second-order valence-electron chi connectivity index (χ2n) is 7.09. The Morgan fingerprint density at radius 2 is 2.26 bits per heavy atom. The number of aliphatic hydroxyl groups excluding tert-OH is 1. The van der Waals surface area contributed by atoms with E-state index in [2.05, 4.69) is 15.4 Å². The molecule has 146 valence electrons. The van der Waals surface area contributed by atoms with Crippen molar-refractivity contribution in [2.45, 2.75) is 39.4 Å². The van der Waals surface area contributed by atoms with E-state index in [1.165, 1.54) is 0 Å². The van der Waals surface area contributed by atoms with Crippen molar-refractivity contribution in [2.75, 3.05) is 26.2 Å². The molecule has 1 amide bonds. The Labute approximate surface area is 159 Å². The van der Waals surface area contributed by atoms with E-state index in [0.717, 1.165) is 36.3 Å². The number of amides is 1. The van der Waals surface area contributed by atoms with Gasteiger partial charge in [0.1, 0.15) is 12.4 Å². The lowest BCUT2D eigenvalue weighted by Crippen LogP contribution is -2.42. The molecule has 1 aliphatic rings. The van der Waals surface area contributed by atoms with Crippen molar-refractivity contribution in [3.63, 3.8) is 0 Å². The first-order chi connectivity index (χ1) is 13.0. The highest BCUT2D eigenvalue weighted by Crippen LogP contribution is 2.20. The number of aliphatic hydroxyl groups is 1. The number of nitrogens with one attached hydrogen (secondary N) is 1. The summed E-state index contributed by atoms with van der Waals surface area (Å²) in [7, 11) is 0. The number of hydrogen-bond donors (Lipinski definition) is 2. The predicted molar refractivity (Wildman–Crippen MR) is 101 cm³/mol. The monoisotopic (exact) mass is 373 g/mol. The first kappa shape index (κ1) is 19.4. The zero-order valence-corrected chi connectivity index (χ0v) is 15.9. The van der Waals surface area contributed by atoms with Crippen molar-refractivity contribution in [2.24, 2.45) is 0 Å². The van der Waals surface area contributed by atoms with Gasteiger partial charge in [-0.3, -0.25) is 9.69 Å². The van der Waals surface area contributed by atoms with Gasteiger partial charge >= 0.3 is 0 Å². The highest BCUT2D eigenvalue weighted by molar-refractivity contribution is 5.92. The lowest BCUT2D eigenvalue weighted by atomic mass is 10.1. The maximum Gasteiger partial charge on any atom is 0.273 e. The zero-order chi connectivity index (χ0) is 19.2. The third kappa shape index (κ3) is 5.55. The molecule has 1 unspecified atom stereocenters. The molecule has 1 atom stereocenters. The van der Waals surface area contributed by atoms with Crippen LogP contribution in [0.3, 0.4) is 0 Å². The van der Waals surface area contributed by atoms with Gasteiger partial charge in [0, 0.05) is 25.7 Å². The Bertz CT molecular complexity index is 774. The van der Waals surface area contributed by atoms with Gasteiger partial charge in [0.05, 0.1) is 6.10 Å². The van der Waals surface area contributed by atoms with Gasteiger partial charge in [-0.15, -0.1) is 0 Å². The smallest absolute Gasteiger partial charge is 0.273 e. The maximum absolute atomic E-state index is 12.2. The minimum atomic E-state index is -0.269. The zero-order valence-electron chi connectivity index (χ0n) is 15.9. The Kier molecular flexibility index (Phi) is 6.47. The van der Waals surface area contributed by atoms with Crippen LogP contribution in [0, 0.1) is 13.8 Å². The summed E-state index contributed by atoms with van der Waals surface area (Å²) >= 11 is 0. The van der Waals surface area contributed by atoms with Gasteiger partial charge in [0.25, 0.3) is 5.91 Å². The molecule has 0 bridgehead atoms. The van der Waals surface area contributed by atoms with Crippen LogP contribution in [0.5, 0.6) is 5.75 Å². The van der Waals surface area contributed by atoms with Gasteiger partial charge < -0.3 is 19.7 Å². The van der Waals surface area contributed by atoms with Crippen LogP contribution in [-0.2, 0) is 6.61 Å². The van der Waals surface area contributed by atoms with Gasteiger partial charge in [-0.2, -0.15) is 0 Å². The summed E-state index contributed by atoms with van der Waals surface area (Å²) in [5.41, 5.74) is 2.41. The number of likely N-dealkylation sites (tertiary alicyclic amines) is 1. The number of piperidine rings is 1. The minimum Gasteiger partial charge on any atom is -0.485 e. The molecule has 0 saturated carbocycles. The van der Waals surface area contributed by atoms with Crippen molar-refractivity contribution in [3.05, 3.63) is 46.8 Å². The number of rotatable bonds is 7. The number of ether oxygens (including phenoxy) is 1. The number of carbonyl (C=O) groups excluding carboxylic acids is 1. The standard InChI is InChI=1S/C20H27N3O4/c1-14-5-6-15(2)19(10-14)26-13-17-11-18(22-27-17)20(25)21-7-9-23-8-3-4-16(24)12-23/h5-6,10-11,16,24H,3-4,7-9,12-13H2,1-2H3,(H,21,25). The average molecular weight is 373 g/mol. The Morgan fingerprint density at radius 1 is 1.41 bits per heavy atom. The fourth-order valence-electron chi connectivity index (χ4n) is 3.15. The molecule has 1 aromatic carbocycles. The number of hydrogen-bond acceptors (Lipinski definition) is 6. The van der Waals surface area contributed by atoms with E-state index in [-0.39, 0.29) is 24.3 Å². The van der Waals surface area contributed by atoms with E-state index in [9.17, 15) is 9.90 Å². The van der Waals surface area contributed by atoms with Crippen molar-refractivity contribution in [3.8, 4) is 5.75 Å². The van der Waals surface area contributed by atoms with E-state index in [0.29, 0.717) is 25.4 Å². The fraction of sp³-hybridized carbons (Fsp3) is 0.500. The molecule has 1 fully saturated rings. The van der Waals surface area contributed by atoms with E-state index in [1.54, 1.807) is 6.07 Å². The molecule has 1 aliphatic heterocycles. The summed E-state index contributed by atoms with van der Waals surface area (Å²) in [5.74, 6) is 1.02. The molecule has 0 spiro atoms. The number of carbonyl (C=O) groups is 1. The number of aromatic nitrogens is 1. The van der Waals surface area contributed by atoms with Crippen molar-refractivity contribution in [1.82, 2.24) is 15.4 Å².